The number of anilines is 1. The van der Waals surface area contributed by atoms with E-state index in [1.807, 2.05) is 0 Å². The summed E-state index contributed by atoms with van der Waals surface area (Å²) < 4.78 is 4.97. The molecule has 8 nitrogen and oxygen atoms in total. The largest absolute Gasteiger partial charge is 0.370 e. The number of nitrogens with one attached hydrogen (secondary N) is 1. The summed E-state index contributed by atoms with van der Waals surface area (Å²) in [4.78, 5) is 18.4. The second-order valence-corrected chi connectivity index (χ2v) is 3.97. The van der Waals surface area contributed by atoms with Gasteiger partial charge in [0.05, 0.1) is 4.92 Å². The molecule has 100 valence electrons. The molecule has 0 saturated carbocycles. The first-order valence-corrected chi connectivity index (χ1v) is 5.71. The van der Waals surface area contributed by atoms with E-state index in [1.54, 1.807) is 19.9 Å². The summed E-state index contributed by atoms with van der Waals surface area (Å²) in [6, 6.07) is 3.01. The van der Waals surface area contributed by atoms with E-state index in [4.69, 9.17) is 4.52 Å². The van der Waals surface area contributed by atoms with Gasteiger partial charge < -0.3 is 9.84 Å². The number of pyridine rings is 1. The highest BCUT2D eigenvalue weighted by Crippen LogP contribution is 2.17. The van der Waals surface area contributed by atoms with Gasteiger partial charge in [-0.1, -0.05) is 5.16 Å². The van der Waals surface area contributed by atoms with Crippen LogP contribution in [-0.4, -0.2) is 26.6 Å². The van der Waals surface area contributed by atoms with Crippen molar-refractivity contribution in [2.75, 3.05) is 11.9 Å². The molecule has 0 atom stereocenters. The van der Waals surface area contributed by atoms with Gasteiger partial charge >= 0.3 is 0 Å². The highest BCUT2D eigenvalue weighted by molar-refractivity contribution is 5.44. The standard InChI is InChI=1S/C11H13N5O3/c1-7-9(16(17)18)3-4-10(13-7)12-6-5-11-14-8(2)15-19-11/h3-4H,5-6H2,1-2H3,(H,12,13). The molecule has 0 fully saturated rings. The molecule has 0 amide bonds. The van der Waals surface area contributed by atoms with Crippen LogP contribution in [-0.2, 0) is 6.42 Å². The number of hydrogen-bond acceptors (Lipinski definition) is 7. The van der Waals surface area contributed by atoms with Crippen LogP contribution in [0.25, 0.3) is 0 Å². The Bertz CT molecular complexity index is 596. The molecule has 0 bridgehead atoms. The first-order valence-electron chi connectivity index (χ1n) is 5.71. The van der Waals surface area contributed by atoms with Gasteiger partial charge in [0.1, 0.15) is 11.5 Å². The van der Waals surface area contributed by atoms with Gasteiger partial charge in [0.15, 0.2) is 5.82 Å². The Morgan fingerprint density at radius 1 is 1.37 bits per heavy atom. The maximum atomic E-state index is 10.7. The van der Waals surface area contributed by atoms with Crippen molar-refractivity contribution in [1.29, 1.82) is 0 Å². The fourth-order valence-electron chi connectivity index (χ4n) is 1.58. The summed E-state index contributed by atoms with van der Waals surface area (Å²) in [5.74, 6) is 1.72. The van der Waals surface area contributed by atoms with Crippen molar-refractivity contribution in [3.8, 4) is 0 Å². The predicted molar refractivity (Wildman–Crippen MR) is 66.9 cm³/mol. The van der Waals surface area contributed by atoms with Crippen LogP contribution in [0, 0.1) is 24.0 Å². The lowest BCUT2D eigenvalue weighted by Crippen LogP contribution is -2.07. The van der Waals surface area contributed by atoms with Crippen LogP contribution in [0.2, 0.25) is 0 Å². The molecule has 0 aliphatic rings. The third kappa shape index (κ3) is 3.24. The monoisotopic (exact) mass is 263 g/mol. The van der Waals surface area contributed by atoms with Crippen molar-refractivity contribution < 1.29 is 9.45 Å². The Balaban J connectivity index is 1.93. The van der Waals surface area contributed by atoms with Crippen molar-refractivity contribution >= 4 is 11.5 Å². The summed E-state index contributed by atoms with van der Waals surface area (Å²) >= 11 is 0. The topological polar surface area (TPSA) is 107 Å². The minimum atomic E-state index is -0.451. The zero-order valence-electron chi connectivity index (χ0n) is 10.6. The minimum Gasteiger partial charge on any atom is -0.370 e. The number of nitrogens with zero attached hydrogens (tertiary/aromatic N) is 4. The molecular weight excluding hydrogens is 250 g/mol. The van der Waals surface area contributed by atoms with Crippen LogP contribution in [0.4, 0.5) is 11.5 Å². The summed E-state index contributed by atoms with van der Waals surface area (Å²) in [6.45, 7) is 3.91. The smallest absolute Gasteiger partial charge is 0.290 e. The number of aromatic nitrogens is 3. The van der Waals surface area contributed by atoms with E-state index < -0.39 is 4.92 Å². The SMILES string of the molecule is Cc1noc(CCNc2ccc([N+](=O)[O-])c(C)n2)n1. The maximum Gasteiger partial charge on any atom is 0.290 e. The first kappa shape index (κ1) is 12.9. The Hall–Kier alpha value is -2.51. The predicted octanol–water partition coefficient (Wildman–Crippen LogP) is 1.64. The van der Waals surface area contributed by atoms with Crippen LogP contribution in [0.3, 0.4) is 0 Å². The van der Waals surface area contributed by atoms with Crippen LogP contribution >= 0.6 is 0 Å². The lowest BCUT2D eigenvalue weighted by Gasteiger charge is -2.04. The lowest BCUT2D eigenvalue weighted by molar-refractivity contribution is -0.385. The van der Waals surface area contributed by atoms with Crippen molar-refractivity contribution in [3.05, 3.63) is 39.7 Å². The van der Waals surface area contributed by atoms with Gasteiger partial charge in [0.2, 0.25) is 5.89 Å². The number of aryl methyl sites for hydroxylation is 2. The molecule has 0 radical (unpaired) electrons. The molecule has 0 aromatic carbocycles. The van der Waals surface area contributed by atoms with Gasteiger partial charge in [-0.25, -0.2) is 4.98 Å². The van der Waals surface area contributed by atoms with Crippen molar-refractivity contribution in [3.63, 3.8) is 0 Å². The number of hydrogen-bond donors (Lipinski definition) is 1. The van der Waals surface area contributed by atoms with Gasteiger partial charge in [-0.05, 0) is 19.9 Å². The summed E-state index contributed by atoms with van der Waals surface area (Å²) in [5.41, 5.74) is 0.390. The minimum absolute atomic E-state index is 0.0121. The average molecular weight is 263 g/mol. The second-order valence-electron chi connectivity index (χ2n) is 3.97. The Morgan fingerprint density at radius 2 is 2.16 bits per heavy atom. The van der Waals surface area contributed by atoms with Crippen molar-refractivity contribution in [1.82, 2.24) is 15.1 Å². The molecule has 0 spiro atoms. The van der Waals surface area contributed by atoms with Crippen LogP contribution in [0.5, 0.6) is 0 Å². The maximum absolute atomic E-state index is 10.7. The fraction of sp³-hybridized carbons (Fsp3) is 0.364. The van der Waals surface area contributed by atoms with E-state index in [-0.39, 0.29) is 5.69 Å². The van der Waals surface area contributed by atoms with Gasteiger partial charge in [0.25, 0.3) is 5.69 Å². The number of nitro groups is 1. The Kier molecular flexibility index (Phi) is 3.69. The van der Waals surface area contributed by atoms with Crippen molar-refractivity contribution in [2.45, 2.75) is 20.3 Å². The van der Waals surface area contributed by atoms with Gasteiger partial charge in [-0.2, -0.15) is 4.98 Å². The zero-order chi connectivity index (χ0) is 13.8. The molecule has 2 aromatic heterocycles. The van der Waals surface area contributed by atoms with Gasteiger partial charge in [-0.15, -0.1) is 0 Å². The quantitative estimate of drug-likeness (QED) is 0.645. The highest BCUT2D eigenvalue weighted by Gasteiger charge is 2.11. The van der Waals surface area contributed by atoms with Gasteiger partial charge in [0, 0.05) is 19.0 Å². The highest BCUT2D eigenvalue weighted by atomic mass is 16.6. The second kappa shape index (κ2) is 5.42. The van der Waals surface area contributed by atoms with Crippen molar-refractivity contribution in [2.24, 2.45) is 0 Å². The normalized spacial score (nSPS) is 10.4. The van der Waals surface area contributed by atoms with E-state index in [1.165, 1.54) is 6.07 Å². The van der Waals surface area contributed by atoms with E-state index in [9.17, 15) is 10.1 Å². The molecule has 2 heterocycles. The van der Waals surface area contributed by atoms with Crippen LogP contribution in [0.1, 0.15) is 17.4 Å². The third-order valence-electron chi connectivity index (χ3n) is 2.47. The van der Waals surface area contributed by atoms with Gasteiger partial charge in [-0.3, -0.25) is 10.1 Å². The molecule has 0 aliphatic heterocycles. The lowest BCUT2D eigenvalue weighted by atomic mass is 10.3. The van der Waals surface area contributed by atoms with Crippen LogP contribution in [0.15, 0.2) is 16.7 Å². The fourth-order valence-corrected chi connectivity index (χ4v) is 1.58. The van der Waals surface area contributed by atoms with E-state index in [2.05, 4.69) is 20.4 Å². The van der Waals surface area contributed by atoms with Crippen LogP contribution < -0.4 is 5.32 Å². The van der Waals surface area contributed by atoms with E-state index in [0.29, 0.717) is 36.2 Å². The molecule has 1 N–H and O–H groups in total. The number of rotatable bonds is 5. The van der Waals surface area contributed by atoms with E-state index in [0.717, 1.165) is 0 Å². The molecule has 19 heavy (non-hydrogen) atoms. The zero-order valence-corrected chi connectivity index (χ0v) is 10.6. The third-order valence-corrected chi connectivity index (χ3v) is 2.47. The summed E-state index contributed by atoms with van der Waals surface area (Å²) in [5, 5.41) is 17.4. The molecule has 2 rings (SSSR count). The Labute approximate surface area is 109 Å². The molecule has 2 aromatic rings. The average Bonchev–Trinajstić information content (AvgIpc) is 2.75. The molecule has 0 saturated heterocycles. The Morgan fingerprint density at radius 3 is 2.74 bits per heavy atom. The molecule has 8 heteroatoms. The van der Waals surface area contributed by atoms with E-state index >= 15 is 0 Å². The molecule has 0 aliphatic carbocycles. The summed E-state index contributed by atoms with van der Waals surface area (Å²) in [6.07, 6.45) is 0.568. The molecule has 0 unspecified atom stereocenters. The summed E-state index contributed by atoms with van der Waals surface area (Å²) in [7, 11) is 0. The molecular formula is C11H13N5O3. The first-order chi connectivity index (χ1) is 9.06.